The van der Waals surface area contributed by atoms with Crippen molar-refractivity contribution in [2.45, 2.75) is 58.2 Å². The standard InChI is InChI=1S/C32H34ClN3O4/c1-32(2,3)34-29(38)27(20-22-10-5-4-6-11-22)36(21-23-15-17-24(33)18-16-23)28(37)14-9-19-35-30(39)25-12-7-8-13-26(25)31(35)40/h4-8,10-13,15-18,27H,9,14,19-21H2,1-3H3,(H,34,38)/t27-/m0/s1. The van der Waals surface area contributed by atoms with Gasteiger partial charge in [0, 0.05) is 36.5 Å². The number of halogens is 1. The van der Waals surface area contributed by atoms with E-state index in [1.165, 1.54) is 4.90 Å². The number of carbonyl (C=O) groups excluding carboxylic acids is 4. The number of hydrogen-bond donors (Lipinski definition) is 1. The molecule has 0 radical (unpaired) electrons. The minimum absolute atomic E-state index is 0.0646. The molecule has 0 bridgehead atoms. The van der Waals surface area contributed by atoms with Crippen molar-refractivity contribution >= 4 is 35.2 Å². The molecule has 4 amide bonds. The van der Waals surface area contributed by atoms with E-state index in [4.69, 9.17) is 11.6 Å². The second-order valence-corrected chi connectivity index (χ2v) is 11.4. The molecule has 40 heavy (non-hydrogen) atoms. The molecule has 3 aromatic rings. The lowest BCUT2D eigenvalue weighted by atomic mass is 10.00. The molecule has 1 atom stereocenters. The zero-order valence-electron chi connectivity index (χ0n) is 23.0. The molecule has 0 aromatic heterocycles. The number of hydrogen-bond acceptors (Lipinski definition) is 4. The predicted molar refractivity (Wildman–Crippen MR) is 155 cm³/mol. The summed E-state index contributed by atoms with van der Waals surface area (Å²) in [6.07, 6.45) is 0.677. The van der Waals surface area contributed by atoms with Gasteiger partial charge in [0.1, 0.15) is 6.04 Å². The van der Waals surface area contributed by atoms with Crippen molar-refractivity contribution in [1.29, 1.82) is 0 Å². The van der Waals surface area contributed by atoms with Crippen molar-refractivity contribution < 1.29 is 19.2 Å². The topological polar surface area (TPSA) is 86.8 Å². The van der Waals surface area contributed by atoms with Crippen LogP contribution in [0.2, 0.25) is 5.02 Å². The number of nitrogens with zero attached hydrogens (tertiary/aromatic N) is 2. The van der Waals surface area contributed by atoms with Crippen molar-refractivity contribution in [3.05, 3.63) is 106 Å². The summed E-state index contributed by atoms with van der Waals surface area (Å²) in [6, 6.07) is 22.7. The Morgan fingerprint density at radius 2 is 1.43 bits per heavy atom. The largest absolute Gasteiger partial charge is 0.350 e. The highest BCUT2D eigenvalue weighted by Crippen LogP contribution is 2.23. The second kappa shape index (κ2) is 12.5. The average Bonchev–Trinajstić information content (AvgIpc) is 3.16. The monoisotopic (exact) mass is 559 g/mol. The van der Waals surface area contributed by atoms with Crippen molar-refractivity contribution in [1.82, 2.24) is 15.1 Å². The Labute approximate surface area is 240 Å². The number of amides is 4. The molecule has 4 rings (SSSR count). The van der Waals surface area contributed by atoms with Crippen molar-refractivity contribution in [3.63, 3.8) is 0 Å². The van der Waals surface area contributed by atoms with Crippen LogP contribution in [0.3, 0.4) is 0 Å². The van der Waals surface area contributed by atoms with Crippen LogP contribution in [0, 0.1) is 0 Å². The Balaban J connectivity index is 1.55. The summed E-state index contributed by atoms with van der Waals surface area (Å²) in [7, 11) is 0. The molecule has 0 saturated carbocycles. The van der Waals surface area contributed by atoms with E-state index in [1.807, 2.05) is 63.2 Å². The Bertz CT molecular complexity index is 1350. The van der Waals surface area contributed by atoms with E-state index >= 15 is 0 Å². The van der Waals surface area contributed by atoms with Gasteiger partial charge in [-0.3, -0.25) is 24.1 Å². The summed E-state index contributed by atoms with van der Waals surface area (Å²) >= 11 is 6.09. The third-order valence-electron chi connectivity index (χ3n) is 6.69. The number of fused-ring (bicyclic) bond motifs is 1. The van der Waals surface area contributed by atoms with E-state index in [-0.39, 0.29) is 49.6 Å². The molecule has 8 heteroatoms. The highest BCUT2D eigenvalue weighted by Gasteiger charge is 2.36. The molecule has 7 nitrogen and oxygen atoms in total. The van der Waals surface area contributed by atoms with Crippen LogP contribution in [0.25, 0.3) is 0 Å². The summed E-state index contributed by atoms with van der Waals surface area (Å²) < 4.78 is 0. The Morgan fingerprint density at radius 3 is 2.00 bits per heavy atom. The summed E-state index contributed by atoms with van der Waals surface area (Å²) in [5, 5.41) is 3.62. The molecule has 1 aliphatic heterocycles. The van der Waals surface area contributed by atoms with Crippen molar-refractivity contribution in [2.75, 3.05) is 6.54 Å². The van der Waals surface area contributed by atoms with Crippen LogP contribution in [-0.2, 0) is 22.6 Å². The molecule has 0 spiro atoms. The zero-order chi connectivity index (χ0) is 28.9. The van der Waals surface area contributed by atoms with Crippen LogP contribution in [0.1, 0.15) is 65.5 Å². The lowest BCUT2D eigenvalue weighted by Gasteiger charge is -2.34. The molecule has 1 N–H and O–H groups in total. The molecule has 0 fully saturated rings. The molecular weight excluding hydrogens is 526 g/mol. The fourth-order valence-electron chi connectivity index (χ4n) is 4.77. The molecular formula is C32H34ClN3O4. The molecule has 0 saturated heterocycles. The van der Waals surface area contributed by atoms with Gasteiger partial charge in [0.25, 0.3) is 11.8 Å². The summed E-state index contributed by atoms with van der Waals surface area (Å²) in [4.78, 5) is 55.7. The maximum Gasteiger partial charge on any atom is 0.261 e. The fraction of sp³-hybridized carbons (Fsp3) is 0.312. The van der Waals surface area contributed by atoms with Gasteiger partial charge in [-0.2, -0.15) is 0 Å². The number of benzene rings is 3. The molecule has 208 valence electrons. The smallest absolute Gasteiger partial charge is 0.261 e. The first kappa shape index (κ1) is 29.0. The number of rotatable bonds is 10. The number of imide groups is 1. The third kappa shape index (κ3) is 7.16. The highest BCUT2D eigenvalue weighted by atomic mass is 35.5. The van der Waals surface area contributed by atoms with E-state index in [1.54, 1.807) is 41.3 Å². The Kier molecular flexibility index (Phi) is 9.05. The van der Waals surface area contributed by atoms with Gasteiger partial charge >= 0.3 is 0 Å². The van der Waals surface area contributed by atoms with Crippen LogP contribution in [0.4, 0.5) is 0 Å². The maximum atomic E-state index is 13.8. The second-order valence-electron chi connectivity index (χ2n) is 11.0. The van der Waals surface area contributed by atoms with E-state index < -0.39 is 11.6 Å². The van der Waals surface area contributed by atoms with Crippen LogP contribution < -0.4 is 5.32 Å². The van der Waals surface area contributed by atoms with E-state index in [0.29, 0.717) is 22.6 Å². The molecule has 0 unspecified atom stereocenters. The quantitative estimate of drug-likeness (QED) is 0.343. The minimum Gasteiger partial charge on any atom is -0.350 e. The fourth-order valence-corrected chi connectivity index (χ4v) is 4.89. The zero-order valence-corrected chi connectivity index (χ0v) is 23.8. The normalized spacial score (nSPS) is 13.7. The predicted octanol–water partition coefficient (Wildman–Crippen LogP) is 5.27. The first-order valence-electron chi connectivity index (χ1n) is 13.4. The van der Waals surface area contributed by atoms with E-state index in [2.05, 4.69) is 5.32 Å². The minimum atomic E-state index is -0.774. The van der Waals surface area contributed by atoms with Gasteiger partial charge in [-0.15, -0.1) is 0 Å². The molecule has 1 heterocycles. The highest BCUT2D eigenvalue weighted by molar-refractivity contribution is 6.30. The number of nitrogens with one attached hydrogen (secondary N) is 1. The van der Waals surface area contributed by atoms with E-state index in [0.717, 1.165) is 11.1 Å². The SMILES string of the molecule is CC(C)(C)NC(=O)[C@H](Cc1ccccc1)N(Cc1ccc(Cl)cc1)C(=O)CCCN1C(=O)c2ccccc2C1=O. The van der Waals surface area contributed by atoms with Crippen LogP contribution >= 0.6 is 11.6 Å². The summed E-state index contributed by atoms with van der Waals surface area (Å²) in [6.45, 7) is 6.02. The van der Waals surface area contributed by atoms with E-state index in [9.17, 15) is 19.2 Å². The van der Waals surface area contributed by atoms with Crippen molar-refractivity contribution in [2.24, 2.45) is 0 Å². The third-order valence-corrected chi connectivity index (χ3v) is 6.94. The molecule has 1 aliphatic rings. The van der Waals surface area contributed by atoms with Crippen LogP contribution in [-0.4, -0.2) is 51.6 Å². The average molecular weight is 560 g/mol. The maximum absolute atomic E-state index is 13.8. The van der Waals surface area contributed by atoms with Crippen LogP contribution in [0.15, 0.2) is 78.9 Å². The van der Waals surface area contributed by atoms with Gasteiger partial charge in [0.2, 0.25) is 11.8 Å². The Morgan fingerprint density at radius 1 is 0.850 bits per heavy atom. The first-order valence-corrected chi connectivity index (χ1v) is 13.8. The van der Waals surface area contributed by atoms with Gasteiger partial charge in [-0.05, 0) is 62.6 Å². The summed E-state index contributed by atoms with van der Waals surface area (Å²) in [5.41, 5.74) is 2.03. The van der Waals surface area contributed by atoms with Gasteiger partial charge in [0.15, 0.2) is 0 Å². The van der Waals surface area contributed by atoms with Gasteiger partial charge in [0.05, 0.1) is 11.1 Å². The first-order chi connectivity index (χ1) is 19.0. The van der Waals surface area contributed by atoms with Gasteiger partial charge in [-0.1, -0.05) is 66.2 Å². The lowest BCUT2D eigenvalue weighted by Crippen LogP contribution is -2.54. The Hall–Kier alpha value is -3.97. The van der Waals surface area contributed by atoms with Crippen LogP contribution in [0.5, 0.6) is 0 Å². The lowest BCUT2D eigenvalue weighted by molar-refractivity contribution is -0.142. The molecule has 3 aromatic carbocycles. The van der Waals surface area contributed by atoms with Gasteiger partial charge < -0.3 is 10.2 Å². The molecule has 0 aliphatic carbocycles. The van der Waals surface area contributed by atoms with Gasteiger partial charge in [-0.25, -0.2) is 0 Å². The van der Waals surface area contributed by atoms with Crippen molar-refractivity contribution in [3.8, 4) is 0 Å². The number of carbonyl (C=O) groups is 4. The summed E-state index contributed by atoms with van der Waals surface area (Å²) in [5.74, 6) is -1.19.